The molecule has 0 bridgehead atoms. The van der Waals surface area contributed by atoms with Gasteiger partial charge in [0.05, 0.1) is 22.0 Å². The fourth-order valence-corrected chi connectivity index (χ4v) is 2.17. The lowest BCUT2D eigenvalue weighted by Gasteiger charge is -2.06. The van der Waals surface area contributed by atoms with Crippen molar-refractivity contribution in [2.75, 3.05) is 5.73 Å². The smallest absolute Gasteiger partial charge is 0.130 e. The number of aromatic nitrogens is 2. The zero-order valence-electron chi connectivity index (χ0n) is 12.3. The summed E-state index contributed by atoms with van der Waals surface area (Å²) in [7, 11) is 1.77. The van der Waals surface area contributed by atoms with Crippen LogP contribution in [-0.4, -0.2) is 9.78 Å². The number of anilines is 1. The van der Waals surface area contributed by atoms with E-state index >= 15 is 0 Å². The summed E-state index contributed by atoms with van der Waals surface area (Å²) in [5.41, 5.74) is 14.8. The van der Waals surface area contributed by atoms with Crippen LogP contribution in [0.2, 0.25) is 0 Å². The minimum absolute atomic E-state index is 0.435. The second kappa shape index (κ2) is 7.01. The third-order valence-corrected chi connectivity index (χ3v) is 3.20. The molecule has 1 aromatic heterocycles. The molecule has 0 aliphatic rings. The van der Waals surface area contributed by atoms with E-state index < -0.39 is 0 Å². The summed E-state index contributed by atoms with van der Waals surface area (Å²) < 4.78 is 1.59. The Labute approximate surface area is 125 Å². The monoisotopic (exact) mass is 292 g/mol. The van der Waals surface area contributed by atoms with Crippen LogP contribution in [0.25, 0.3) is 10.7 Å². The molecule has 0 unspecified atom stereocenters. The lowest BCUT2D eigenvalue weighted by atomic mass is 10.1. The summed E-state index contributed by atoms with van der Waals surface area (Å²) in [6.45, 7) is 5.85. The van der Waals surface area contributed by atoms with Crippen LogP contribution in [0.5, 0.6) is 0 Å². The Morgan fingerprint density at radius 3 is 2.20 bits per heavy atom. The van der Waals surface area contributed by atoms with E-state index in [4.69, 9.17) is 23.1 Å². The van der Waals surface area contributed by atoms with E-state index in [-0.39, 0.29) is 0 Å². The highest BCUT2D eigenvalue weighted by molar-refractivity contribution is 6.53. The Bertz CT molecular complexity index is 600. The lowest BCUT2D eigenvalue weighted by Crippen LogP contribution is -2.02. The molecule has 4 nitrogen and oxygen atoms in total. The summed E-state index contributed by atoms with van der Waals surface area (Å²) in [5, 5.41) is 4.66. The summed E-state index contributed by atoms with van der Waals surface area (Å²) in [5.74, 6) is 0.511. The maximum absolute atomic E-state index is 6.34. The molecule has 1 aromatic carbocycles. The largest absolute Gasteiger partial charge is 0.397 e. The molecule has 5 heteroatoms. The van der Waals surface area contributed by atoms with Crippen LogP contribution in [0.1, 0.15) is 30.7 Å². The highest BCUT2D eigenvalue weighted by atomic mass is 35.5. The van der Waals surface area contributed by atoms with Crippen molar-refractivity contribution in [3.05, 3.63) is 47.2 Å². The number of halogens is 1. The fraction of sp³-hybridized carbons (Fsp3) is 0.267. The average molecular weight is 293 g/mol. The number of aryl methyl sites for hydroxylation is 2. The van der Waals surface area contributed by atoms with Crippen LogP contribution in [-0.2, 0) is 7.05 Å². The first-order valence-electron chi connectivity index (χ1n) is 6.52. The minimum atomic E-state index is 0.435. The number of nitrogens with two attached hydrogens (primary N) is 2. The summed E-state index contributed by atoms with van der Waals surface area (Å²) in [6.07, 6.45) is 0. The molecule has 0 aliphatic heterocycles. The normalized spacial score (nSPS) is 11.4. The average Bonchev–Trinajstić information content (AvgIpc) is 2.74. The molecule has 2 rings (SSSR count). The number of benzene rings is 1. The van der Waals surface area contributed by atoms with Crippen molar-refractivity contribution in [2.24, 2.45) is 12.8 Å². The highest BCUT2D eigenvalue weighted by Crippen LogP contribution is 2.32. The van der Waals surface area contributed by atoms with E-state index in [0.29, 0.717) is 22.1 Å². The maximum atomic E-state index is 6.34. The number of rotatable bonds is 2. The van der Waals surface area contributed by atoms with E-state index in [1.165, 1.54) is 0 Å². The van der Waals surface area contributed by atoms with Crippen LogP contribution in [0.4, 0.5) is 5.82 Å². The minimum Gasteiger partial charge on any atom is -0.397 e. The van der Waals surface area contributed by atoms with Gasteiger partial charge in [-0.25, -0.2) is 0 Å². The van der Waals surface area contributed by atoms with Crippen molar-refractivity contribution in [2.45, 2.75) is 20.8 Å². The second-order valence-electron chi connectivity index (χ2n) is 4.06. The van der Waals surface area contributed by atoms with Gasteiger partial charge in [-0.1, -0.05) is 55.8 Å². The fourth-order valence-electron chi connectivity index (χ4n) is 1.83. The first kappa shape index (κ1) is 16.1. The quantitative estimate of drug-likeness (QED) is 0.891. The molecular formula is C15H21ClN4. The van der Waals surface area contributed by atoms with Crippen LogP contribution in [0, 0.1) is 6.92 Å². The van der Waals surface area contributed by atoms with Crippen molar-refractivity contribution < 1.29 is 0 Å². The van der Waals surface area contributed by atoms with Gasteiger partial charge in [-0.15, -0.1) is 0 Å². The van der Waals surface area contributed by atoms with Gasteiger partial charge >= 0.3 is 0 Å². The van der Waals surface area contributed by atoms with Crippen molar-refractivity contribution in [3.8, 4) is 0 Å². The molecule has 0 saturated heterocycles. The van der Waals surface area contributed by atoms with Gasteiger partial charge in [0, 0.05) is 7.05 Å². The first-order valence-corrected chi connectivity index (χ1v) is 6.90. The molecule has 108 valence electrons. The molecule has 0 fully saturated rings. The van der Waals surface area contributed by atoms with E-state index in [2.05, 4.69) is 5.10 Å². The molecule has 0 saturated carbocycles. The van der Waals surface area contributed by atoms with E-state index in [9.17, 15) is 0 Å². The third kappa shape index (κ3) is 3.14. The Morgan fingerprint density at radius 1 is 1.20 bits per heavy atom. The Kier molecular flexibility index (Phi) is 5.65. The van der Waals surface area contributed by atoms with Gasteiger partial charge in [0.25, 0.3) is 0 Å². The second-order valence-corrected chi connectivity index (χ2v) is 4.44. The SMILES string of the molecule is CC.Cc1nn(C)c(N)c1/C(Cl)=C(\N)c1ccccc1. The van der Waals surface area contributed by atoms with Gasteiger partial charge in [0.15, 0.2) is 0 Å². The predicted molar refractivity (Wildman–Crippen MR) is 87.0 cm³/mol. The molecule has 0 radical (unpaired) electrons. The number of nitrogen functional groups attached to an aromatic ring is 1. The molecular weight excluding hydrogens is 272 g/mol. The summed E-state index contributed by atoms with van der Waals surface area (Å²) in [6, 6.07) is 9.55. The van der Waals surface area contributed by atoms with Gasteiger partial charge in [-0.2, -0.15) is 5.10 Å². The standard InChI is InChI=1S/C13H15ClN4.C2H6/c1-8-10(13(16)18(2)17-8)11(14)12(15)9-6-4-3-5-7-9;1-2/h3-7H,15-16H2,1-2H3;1-2H3/b12-11+;. The van der Waals surface area contributed by atoms with Crippen molar-refractivity contribution in [3.63, 3.8) is 0 Å². The number of nitrogens with zero attached hydrogens (tertiary/aromatic N) is 2. The molecule has 0 amide bonds. The van der Waals surface area contributed by atoms with Crippen LogP contribution < -0.4 is 11.5 Å². The summed E-state index contributed by atoms with van der Waals surface area (Å²) in [4.78, 5) is 0. The van der Waals surface area contributed by atoms with E-state index in [0.717, 1.165) is 11.3 Å². The zero-order valence-corrected chi connectivity index (χ0v) is 13.1. The number of hydrogen-bond donors (Lipinski definition) is 2. The third-order valence-electron chi connectivity index (χ3n) is 2.81. The van der Waals surface area contributed by atoms with Gasteiger partial charge in [-0.05, 0) is 12.5 Å². The first-order chi connectivity index (χ1) is 9.52. The maximum Gasteiger partial charge on any atom is 0.130 e. The Morgan fingerprint density at radius 2 is 1.75 bits per heavy atom. The van der Waals surface area contributed by atoms with Crippen molar-refractivity contribution in [1.29, 1.82) is 0 Å². The predicted octanol–water partition coefficient (Wildman–Crippen LogP) is 3.36. The van der Waals surface area contributed by atoms with Gasteiger partial charge in [-0.3, -0.25) is 4.68 Å². The lowest BCUT2D eigenvalue weighted by molar-refractivity contribution is 0.767. The molecule has 1 heterocycles. The Hall–Kier alpha value is -1.94. The molecule has 0 atom stereocenters. The summed E-state index contributed by atoms with van der Waals surface area (Å²) >= 11 is 6.34. The van der Waals surface area contributed by atoms with E-state index in [1.54, 1.807) is 11.7 Å². The van der Waals surface area contributed by atoms with Crippen molar-refractivity contribution >= 4 is 28.1 Å². The van der Waals surface area contributed by atoms with Crippen molar-refractivity contribution in [1.82, 2.24) is 9.78 Å². The van der Waals surface area contributed by atoms with Gasteiger partial charge in [0.1, 0.15) is 5.82 Å². The molecule has 0 aliphatic carbocycles. The number of hydrogen-bond acceptors (Lipinski definition) is 3. The molecule has 4 N–H and O–H groups in total. The van der Waals surface area contributed by atoms with Crippen LogP contribution in [0.15, 0.2) is 30.3 Å². The highest BCUT2D eigenvalue weighted by Gasteiger charge is 2.16. The van der Waals surface area contributed by atoms with Crippen LogP contribution in [0.3, 0.4) is 0 Å². The van der Waals surface area contributed by atoms with Gasteiger partial charge in [0.2, 0.25) is 0 Å². The molecule has 0 spiro atoms. The van der Waals surface area contributed by atoms with Gasteiger partial charge < -0.3 is 11.5 Å². The van der Waals surface area contributed by atoms with Crippen LogP contribution >= 0.6 is 11.6 Å². The topological polar surface area (TPSA) is 69.9 Å². The zero-order chi connectivity index (χ0) is 15.3. The molecule has 2 aromatic rings. The van der Waals surface area contributed by atoms with E-state index in [1.807, 2.05) is 51.1 Å². The molecule has 20 heavy (non-hydrogen) atoms. The Balaban J connectivity index is 0.000000956.